The van der Waals surface area contributed by atoms with E-state index in [4.69, 9.17) is 25.8 Å². The Hall–Kier alpha value is -3.68. The van der Waals surface area contributed by atoms with Gasteiger partial charge >= 0.3 is 0 Å². The molecule has 214 valence electrons. The van der Waals surface area contributed by atoms with E-state index in [-0.39, 0.29) is 24.3 Å². The van der Waals surface area contributed by atoms with Gasteiger partial charge in [0.15, 0.2) is 11.5 Å². The van der Waals surface area contributed by atoms with Crippen LogP contribution in [-0.2, 0) is 17.8 Å². The topological polar surface area (TPSA) is 65.1 Å². The van der Waals surface area contributed by atoms with Crippen molar-refractivity contribution in [2.75, 3.05) is 20.3 Å². The summed E-state index contributed by atoms with van der Waals surface area (Å²) in [6.45, 7) is 10.8. The molecule has 1 aliphatic heterocycles. The van der Waals surface area contributed by atoms with Gasteiger partial charge in [0, 0.05) is 10.6 Å². The molecule has 0 aliphatic carbocycles. The summed E-state index contributed by atoms with van der Waals surface area (Å²) >= 11 is 6.92. The minimum atomic E-state index is -0.343. The van der Waals surface area contributed by atoms with Gasteiger partial charge in [-0.2, -0.15) is 0 Å². The highest BCUT2D eigenvalue weighted by molar-refractivity contribution is 8.18. The molecule has 0 N–H and O–H groups in total. The fourth-order valence-corrected chi connectivity index (χ4v) is 5.45. The number of hydrogen-bond acceptors (Lipinski definition) is 6. The van der Waals surface area contributed by atoms with Crippen molar-refractivity contribution in [2.24, 2.45) is 0 Å². The molecule has 4 rings (SSSR count). The maximum Gasteiger partial charge on any atom is 0.293 e. The quantitative estimate of drug-likeness (QED) is 0.156. The van der Waals surface area contributed by atoms with Crippen molar-refractivity contribution in [3.8, 4) is 17.2 Å². The molecule has 0 unspecified atom stereocenters. The van der Waals surface area contributed by atoms with Crippen LogP contribution in [-0.4, -0.2) is 36.3 Å². The van der Waals surface area contributed by atoms with Crippen LogP contribution in [0.3, 0.4) is 0 Å². The SMILES string of the molecule is C=CCc1cc(/C=C2\SC(=O)N(CCOc3cc(C)ccc3C(C)C)C2=O)cc(OC)c1OCc1ccc(Cl)cc1. The number of allylic oxidation sites excluding steroid dienone is 1. The predicted octanol–water partition coefficient (Wildman–Crippen LogP) is 8.20. The van der Waals surface area contributed by atoms with Crippen molar-refractivity contribution < 1.29 is 23.8 Å². The van der Waals surface area contributed by atoms with Crippen LogP contribution in [0.4, 0.5) is 4.79 Å². The van der Waals surface area contributed by atoms with E-state index in [0.29, 0.717) is 40.4 Å². The minimum Gasteiger partial charge on any atom is -0.493 e. The van der Waals surface area contributed by atoms with E-state index < -0.39 is 0 Å². The molecule has 0 atom stereocenters. The summed E-state index contributed by atoms with van der Waals surface area (Å²) in [5.74, 6) is 1.85. The summed E-state index contributed by atoms with van der Waals surface area (Å²) in [5.41, 5.74) is 4.72. The third kappa shape index (κ3) is 7.54. The first kappa shape index (κ1) is 30.3. The number of benzene rings is 3. The normalized spacial score (nSPS) is 14.2. The molecule has 6 nitrogen and oxygen atoms in total. The van der Waals surface area contributed by atoms with Gasteiger partial charge in [-0.15, -0.1) is 6.58 Å². The van der Waals surface area contributed by atoms with Crippen molar-refractivity contribution in [3.05, 3.63) is 105 Å². The molecule has 0 saturated carbocycles. The van der Waals surface area contributed by atoms with Gasteiger partial charge in [0.1, 0.15) is 19.0 Å². The summed E-state index contributed by atoms with van der Waals surface area (Å²) in [4.78, 5) is 27.5. The highest BCUT2D eigenvalue weighted by Gasteiger charge is 2.35. The van der Waals surface area contributed by atoms with Gasteiger partial charge in [-0.25, -0.2) is 0 Å². The Morgan fingerprint density at radius 2 is 1.78 bits per heavy atom. The summed E-state index contributed by atoms with van der Waals surface area (Å²) in [5, 5.41) is 0.339. The maximum absolute atomic E-state index is 13.2. The van der Waals surface area contributed by atoms with E-state index in [1.165, 1.54) is 4.90 Å². The van der Waals surface area contributed by atoms with Crippen LogP contribution >= 0.6 is 23.4 Å². The lowest BCUT2D eigenvalue weighted by molar-refractivity contribution is -0.123. The van der Waals surface area contributed by atoms with Gasteiger partial charge in [-0.05, 0) is 89.7 Å². The third-order valence-electron chi connectivity index (χ3n) is 6.57. The fraction of sp³-hybridized carbons (Fsp3) is 0.273. The van der Waals surface area contributed by atoms with E-state index in [1.807, 2.05) is 43.3 Å². The lowest BCUT2D eigenvalue weighted by atomic mass is 10.0. The second-order valence-corrected chi connectivity index (χ2v) is 11.4. The number of aryl methyl sites for hydroxylation is 1. The summed E-state index contributed by atoms with van der Waals surface area (Å²) in [6.07, 6.45) is 4.02. The number of imide groups is 1. The summed E-state index contributed by atoms with van der Waals surface area (Å²) in [7, 11) is 1.57. The van der Waals surface area contributed by atoms with Gasteiger partial charge in [0.2, 0.25) is 0 Å². The number of amides is 2. The number of halogens is 1. The van der Waals surface area contributed by atoms with E-state index in [0.717, 1.165) is 45.3 Å². The van der Waals surface area contributed by atoms with Crippen LogP contribution in [0, 0.1) is 6.92 Å². The van der Waals surface area contributed by atoms with Gasteiger partial charge < -0.3 is 14.2 Å². The molecule has 0 aromatic heterocycles. The lowest BCUT2D eigenvalue weighted by Gasteiger charge is -2.17. The Morgan fingerprint density at radius 1 is 1.02 bits per heavy atom. The highest BCUT2D eigenvalue weighted by Crippen LogP contribution is 2.38. The number of ether oxygens (including phenoxy) is 3. The first-order chi connectivity index (χ1) is 19.7. The van der Waals surface area contributed by atoms with Crippen LogP contribution in [0.5, 0.6) is 17.2 Å². The Kier molecular flexibility index (Phi) is 10.2. The zero-order valence-corrected chi connectivity index (χ0v) is 25.3. The number of carbonyl (C=O) groups is 2. The number of rotatable bonds is 12. The number of carbonyl (C=O) groups excluding carboxylic acids is 2. The van der Waals surface area contributed by atoms with Gasteiger partial charge in [-0.1, -0.05) is 55.8 Å². The Balaban J connectivity index is 1.49. The fourth-order valence-electron chi connectivity index (χ4n) is 4.46. The molecule has 1 saturated heterocycles. The smallest absolute Gasteiger partial charge is 0.293 e. The Labute approximate surface area is 250 Å². The van der Waals surface area contributed by atoms with E-state index in [9.17, 15) is 9.59 Å². The Bertz CT molecular complexity index is 1470. The van der Waals surface area contributed by atoms with Crippen molar-refractivity contribution in [1.29, 1.82) is 0 Å². The molecule has 3 aromatic rings. The molecule has 8 heteroatoms. The van der Waals surface area contributed by atoms with Crippen LogP contribution in [0.15, 0.2) is 72.2 Å². The number of nitrogens with zero attached hydrogens (tertiary/aromatic N) is 1. The van der Waals surface area contributed by atoms with Crippen molar-refractivity contribution >= 4 is 40.6 Å². The molecule has 1 aliphatic rings. The molecular weight excluding hydrogens is 558 g/mol. The maximum atomic E-state index is 13.2. The highest BCUT2D eigenvalue weighted by atomic mass is 35.5. The average Bonchev–Trinajstić information content (AvgIpc) is 3.20. The molecule has 0 bridgehead atoms. The van der Waals surface area contributed by atoms with E-state index in [1.54, 1.807) is 25.3 Å². The van der Waals surface area contributed by atoms with Crippen molar-refractivity contribution in [1.82, 2.24) is 4.90 Å². The van der Waals surface area contributed by atoms with Gasteiger partial charge in [0.25, 0.3) is 11.1 Å². The molecule has 1 fully saturated rings. The lowest BCUT2D eigenvalue weighted by Crippen LogP contribution is -2.32. The van der Waals surface area contributed by atoms with Crippen LogP contribution in [0.2, 0.25) is 5.02 Å². The van der Waals surface area contributed by atoms with Crippen molar-refractivity contribution in [2.45, 2.75) is 39.7 Å². The molecular formula is C33H34ClNO5S. The summed E-state index contributed by atoms with van der Waals surface area (Å²) < 4.78 is 17.8. The van der Waals surface area contributed by atoms with Crippen LogP contribution < -0.4 is 14.2 Å². The van der Waals surface area contributed by atoms with Crippen LogP contribution in [0.1, 0.15) is 47.6 Å². The largest absolute Gasteiger partial charge is 0.493 e. The minimum absolute atomic E-state index is 0.163. The third-order valence-corrected chi connectivity index (χ3v) is 7.73. The molecule has 2 amide bonds. The predicted molar refractivity (Wildman–Crippen MR) is 166 cm³/mol. The van der Waals surface area contributed by atoms with Crippen LogP contribution in [0.25, 0.3) is 6.08 Å². The van der Waals surface area contributed by atoms with Crippen molar-refractivity contribution in [3.63, 3.8) is 0 Å². The molecule has 0 spiro atoms. The Morgan fingerprint density at radius 3 is 2.46 bits per heavy atom. The van der Waals surface area contributed by atoms with Gasteiger partial charge in [0.05, 0.1) is 18.6 Å². The standard InChI is InChI=1S/C33H34ClNO5S/c1-6-7-25-17-24(18-29(38-5)31(25)40-20-23-9-11-26(34)12-10-23)19-30-32(36)35(33(37)41-30)14-15-39-28-16-22(4)8-13-27(28)21(2)3/h6,8-13,16-19,21H,1,7,14-15,20H2,2-5H3/b30-19-. The zero-order valence-electron chi connectivity index (χ0n) is 23.7. The second kappa shape index (κ2) is 13.8. The number of thioether (sulfide) groups is 1. The number of hydrogen-bond donors (Lipinski definition) is 0. The van der Waals surface area contributed by atoms with E-state index >= 15 is 0 Å². The molecule has 3 aromatic carbocycles. The monoisotopic (exact) mass is 591 g/mol. The molecule has 41 heavy (non-hydrogen) atoms. The van der Waals surface area contributed by atoms with E-state index in [2.05, 4.69) is 32.6 Å². The number of methoxy groups -OCH3 is 1. The zero-order chi connectivity index (χ0) is 29.5. The second-order valence-electron chi connectivity index (χ2n) is 10.00. The summed E-state index contributed by atoms with van der Waals surface area (Å²) in [6, 6.07) is 17.3. The molecule has 1 heterocycles. The van der Waals surface area contributed by atoms with Gasteiger partial charge in [-0.3, -0.25) is 14.5 Å². The first-order valence-corrected chi connectivity index (χ1v) is 14.6. The first-order valence-electron chi connectivity index (χ1n) is 13.4. The molecule has 0 radical (unpaired) electrons. The average molecular weight is 592 g/mol.